The number of anilines is 2. The summed E-state index contributed by atoms with van der Waals surface area (Å²) < 4.78 is 5.52. The van der Waals surface area contributed by atoms with Gasteiger partial charge in [-0.15, -0.1) is 0 Å². The standard InChI is InChI=1S/C16H24N4O2/c1-10-12-9-20(15(21)22-16(2,3)4)13(10)8-19(12)11-5-6-14(17)18-7-11/h5-7,10,12-13H,8-9H2,1-4H3,(H2,17,18)/t10-,12+,13?/m1/s1. The van der Waals surface area contributed by atoms with Crippen LogP contribution in [0.3, 0.4) is 0 Å². The SMILES string of the molecule is C[C@H]1C2CN(c3ccc(N)nc3)[C@H]1CN2C(=O)OC(C)(C)C. The van der Waals surface area contributed by atoms with Crippen LogP contribution in [-0.4, -0.2) is 46.8 Å². The molecule has 6 nitrogen and oxygen atoms in total. The molecule has 2 bridgehead atoms. The van der Waals surface area contributed by atoms with E-state index in [0.29, 0.717) is 24.3 Å². The van der Waals surface area contributed by atoms with E-state index < -0.39 is 5.60 Å². The van der Waals surface area contributed by atoms with Crippen LogP contribution in [0, 0.1) is 5.92 Å². The van der Waals surface area contributed by atoms with Gasteiger partial charge in [0.2, 0.25) is 0 Å². The minimum absolute atomic E-state index is 0.192. The lowest BCUT2D eigenvalue weighted by molar-refractivity contribution is 0.0204. The quantitative estimate of drug-likeness (QED) is 0.860. The van der Waals surface area contributed by atoms with Crippen LogP contribution in [0.25, 0.3) is 0 Å². The van der Waals surface area contributed by atoms with Crippen LogP contribution in [0.4, 0.5) is 16.3 Å². The Bertz CT molecular complexity index is 567. The smallest absolute Gasteiger partial charge is 0.410 e. The number of ether oxygens (including phenoxy) is 1. The zero-order chi connectivity index (χ0) is 16.1. The first-order chi connectivity index (χ1) is 10.3. The number of hydrogen-bond acceptors (Lipinski definition) is 5. The van der Waals surface area contributed by atoms with E-state index in [0.717, 1.165) is 12.2 Å². The van der Waals surface area contributed by atoms with E-state index in [2.05, 4.69) is 16.8 Å². The predicted octanol–water partition coefficient (Wildman–Crippen LogP) is 2.11. The van der Waals surface area contributed by atoms with E-state index in [-0.39, 0.29) is 12.1 Å². The molecule has 3 atom stereocenters. The molecule has 0 aromatic carbocycles. The number of nitrogen functional groups attached to an aromatic ring is 1. The number of aromatic nitrogens is 1. The Morgan fingerprint density at radius 2 is 2.05 bits per heavy atom. The normalized spacial score (nSPS) is 27.4. The van der Waals surface area contributed by atoms with Crippen molar-refractivity contribution < 1.29 is 9.53 Å². The number of fused-ring (bicyclic) bond motifs is 2. The van der Waals surface area contributed by atoms with Gasteiger partial charge in [-0.2, -0.15) is 0 Å². The Balaban J connectivity index is 1.73. The molecule has 22 heavy (non-hydrogen) atoms. The molecule has 0 radical (unpaired) electrons. The molecule has 0 saturated carbocycles. The maximum Gasteiger partial charge on any atom is 0.410 e. The van der Waals surface area contributed by atoms with Crippen molar-refractivity contribution in [3.05, 3.63) is 18.3 Å². The lowest BCUT2D eigenvalue weighted by atomic mass is 10.0. The number of rotatable bonds is 1. The Labute approximate surface area is 131 Å². The zero-order valence-corrected chi connectivity index (χ0v) is 13.6. The number of carbonyl (C=O) groups is 1. The monoisotopic (exact) mass is 304 g/mol. The Morgan fingerprint density at radius 1 is 1.32 bits per heavy atom. The van der Waals surface area contributed by atoms with Gasteiger partial charge in [0, 0.05) is 19.0 Å². The highest BCUT2D eigenvalue weighted by atomic mass is 16.6. The lowest BCUT2D eigenvalue weighted by Crippen LogP contribution is -2.50. The summed E-state index contributed by atoms with van der Waals surface area (Å²) in [5.74, 6) is 0.946. The summed E-state index contributed by atoms with van der Waals surface area (Å²) in [6, 6.07) is 4.31. The van der Waals surface area contributed by atoms with E-state index in [1.807, 2.05) is 37.8 Å². The van der Waals surface area contributed by atoms with Gasteiger partial charge in [-0.05, 0) is 32.9 Å². The van der Waals surface area contributed by atoms with Crippen molar-refractivity contribution in [2.45, 2.75) is 45.4 Å². The second-order valence-electron chi connectivity index (χ2n) is 7.22. The molecule has 2 aliphatic rings. The van der Waals surface area contributed by atoms with Crippen molar-refractivity contribution in [2.24, 2.45) is 5.92 Å². The predicted molar refractivity (Wildman–Crippen MR) is 85.7 cm³/mol. The van der Waals surface area contributed by atoms with E-state index in [9.17, 15) is 4.79 Å². The fraction of sp³-hybridized carbons (Fsp3) is 0.625. The number of nitrogens with two attached hydrogens (primary N) is 1. The molecule has 2 aliphatic heterocycles. The van der Waals surface area contributed by atoms with Crippen molar-refractivity contribution in [2.75, 3.05) is 23.7 Å². The van der Waals surface area contributed by atoms with Gasteiger partial charge in [0.1, 0.15) is 11.4 Å². The Kier molecular flexibility index (Phi) is 3.42. The number of nitrogens with zero attached hydrogens (tertiary/aromatic N) is 3. The minimum Gasteiger partial charge on any atom is -0.444 e. The lowest BCUT2D eigenvalue weighted by Gasteiger charge is -2.36. The van der Waals surface area contributed by atoms with E-state index in [4.69, 9.17) is 10.5 Å². The van der Waals surface area contributed by atoms with Crippen LogP contribution in [0.15, 0.2) is 18.3 Å². The van der Waals surface area contributed by atoms with Crippen LogP contribution >= 0.6 is 0 Å². The number of piperazine rings is 1. The second-order valence-corrected chi connectivity index (χ2v) is 7.22. The topological polar surface area (TPSA) is 71.7 Å². The van der Waals surface area contributed by atoms with Gasteiger partial charge >= 0.3 is 6.09 Å². The molecule has 2 saturated heterocycles. The molecule has 1 aromatic heterocycles. The molecular weight excluding hydrogens is 280 g/mol. The summed E-state index contributed by atoms with van der Waals surface area (Å²) in [5.41, 5.74) is 6.26. The van der Waals surface area contributed by atoms with E-state index >= 15 is 0 Å². The van der Waals surface area contributed by atoms with Crippen molar-refractivity contribution in [3.8, 4) is 0 Å². The average Bonchev–Trinajstić information content (AvgIpc) is 2.91. The van der Waals surface area contributed by atoms with Gasteiger partial charge in [-0.25, -0.2) is 9.78 Å². The number of likely N-dealkylation sites (tertiary alicyclic amines) is 1. The molecular formula is C16H24N4O2. The summed E-state index contributed by atoms with van der Waals surface area (Å²) in [7, 11) is 0. The zero-order valence-electron chi connectivity index (χ0n) is 13.6. The third-order valence-corrected chi connectivity index (χ3v) is 4.51. The molecule has 1 amide bonds. The first-order valence-corrected chi connectivity index (χ1v) is 7.74. The third kappa shape index (κ3) is 2.58. The van der Waals surface area contributed by atoms with Crippen LogP contribution in [0.1, 0.15) is 27.7 Å². The van der Waals surface area contributed by atoms with Gasteiger partial charge in [0.25, 0.3) is 0 Å². The average molecular weight is 304 g/mol. The summed E-state index contributed by atoms with van der Waals surface area (Å²) in [5, 5.41) is 0. The summed E-state index contributed by atoms with van der Waals surface area (Å²) >= 11 is 0. The summed E-state index contributed by atoms with van der Waals surface area (Å²) in [4.78, 5) is 20.7. The summed E-state index contributed by atoms with van der Waals surface area (Å²) in [6.45, 7) is 9.41. The van der Waals surface area contributed by atoms with Gasteiger partial charge in [-0.3, -0.25) is 0 Å². The number of amides is 1. The maximum atomic E-state index is 12.3. The van der Waals surface area contributed by atoms with E-state index in [1.165, 1.54) is 0 Å². The van der Waals surface area contributed by atoms with Crippen LogP contribution in [0.5, 0.6) is 0 Å². The van der Waals surface area contributed by atoms with Gasteiger partial charge in [0.05, 0.1) is 24.0 Å². The summed E-state index contributed by atoms with van der Waals surface area (Å²) in [6.07, 6.45) is 1.60. The molecule has 0 spiro atoms. The first kappa shape index (κ1) is 14.9. The second kappa shape index (κ2) is 5.04. The molecule has 0 aliphatic carbocycles. The third-order valence-electron chi connectivity index (χ3n) is 4.51. The highest BCUT2D eigenvalue weighted by Crippen LogP contribution is 2.39. The van der Waals surface area contributed by atoms with E-state index in [1.54, 1.807) is 6.20 Å². The molecule has 1 aromatic rings. The Hall–Kier alpha value is -1.98. The van der Waals surface area contributed by atoms with Crippen molar-refractivity contribution in [1.29, 1.82) is 0 Å². The highest BCUT2D eigenvalue weighted by Gasteiger charge is 2.51. The van der Waals surface area contributed by atoms with Crippen LogP contribution < -0.4 is 10.6 Å². The van der Waals surface area contributed by atoms with Crippen molar-refractivity contribution >= 4 is 17.6 Å². The molecule has 2 fully saturated rings. The molecule has 120 valence electrons. The van der Waals surface area contributed by atoms with Crippen molar-refractivity contribution in [3.63, 3.8) is 0 Å². The minimum atomic E-state index is -0.456. The van der Waals surface area contributed by atoms with Crippen LogP contribution in [-0.2, 0) is 4.74 Å². The molecule has 3 heterocycles. The number of hydrogen-bond donors (Lipinski definition) is 1. The van der Waals surface area contributed by atoms with Crippen molar-refractivity contribution in [1.82, 2.24) is 9.88 Å². The molecule has 6 heteroatoms. The van der Waals surface area contributed by atoms with Gasteiger partial charge in [0.15, 0.2) is 0 Å². The van der Waals surface area contributed by atoms with Gasteiger partial charge < -0.3 is 20.3 Å². The molecule has 1 unspecified atom stereocenters. The fourth-order valence-electron chi connectivity index (χ4n) is 3.42. The van der Waals surface area contributed by atoms with Gasteiger partial charge in [-0.1, -0.05) is 6.92 Å². The number of pyridine rings is 1. The van der Waals surface area contributed by atoms with Crippen LogP contribution in [0.2, 0.25) is 0 Å². The first-order valence-electron chi connectivity index (χ1n) is 7.74. The molecule has 3 rings (SSSR count). The maximum absolute atomic E-state index is 12.3. The Morgan fingerprint density at radius 3 is 2.55 bits per heavy atom. The fourth-order valence-corrected chi connectivity index (χ4v) is 3.42. The number of carbonyl (C=O) groups excluding carboxylic acids is 1. The molecule has 2 N–H and O–H groups in total. The largest absolute Gasteiger partial charge is 0.444 e. The highest BCUT2D eigenvalue weighted by molar-refractivity contribution is 5.70.